The van der Waals surface area contributed by atoms with Crippen molar-refractivity contribution in [2.75, 3.05) is 0 Å². The van der Waals surface area contributed by atoms with E-state index >= 15 is 0 Å². The van der Waals surface area contributed by atoms with Gasteiger partial charge >= 0.3 is 0 Å². The Morgan fingerprint density at radius 2 is 0.220 bits per heavy atom. The molecule has 0 rings (SSSR count). The van der Waals surface area contributed by atoms with Gasteiger partial charge in [-0.2, -0.15) is 0 Å². The summed E-state index contributed by atoms with van der Waals surface area (Å²) in [7, 11) is 0. The van der Waals surface area contributed by atoms with Gasteiger partial charge in [-0.3, -0.25) is 0 Å². The fourth-order valence-corrected chi connectivity index (χ4v) is 5.63. The SMILES string of the molecule is Br.Br.Br.Br.Br.Br.CCCCCCCCCCCCCCCCCCCCCCCCCCCCCCCCCCC. The molecule has 0 radical (unpaired) electrons. The monoisotopic (exact) mass is 972 g/mol. The van der Waals surface area contributed by atoms with Gasteiger partial charge in [-0.05, 0) is 0 Å². The molecular weight excluding hydrogens is 900 g/mol. The molecule has 0 spiro atoms. The van der Waals surface area contributed by atoms with Crippen LogP contribution in [0.5, 0.6) is 0 Å². The second-order valence-electron chi connectivity index (χ2n) is 12.0. The Kier molecular flexibility index (Phi) is 84.5. The smallest absolute Gasteiger partial charge is 0.0533 e. The second-order valence-corrected chi connectivity index (χ2v) is 12.0. The Morgan fingerprint density at radius 1 is 0.146 bits per heavy atom. The van der Waals surface area contributed by atoms with Crippen molar-refractivity contribution in [1.29, 1.82) is 0 Å². The van der Waals surface area contributed by atoms with Crippen molar-refractivity contribution >= 4 is 102 Å². The van der Waals surface area contributed by atoms with E-state index in [4.69, 9.17) is 0 Å². The average molecular weight is 978 g/mol. The molecule has 0 aliphatic carbocycles. The molecule has 0 aromatic carbocycles. The molecule has 0 aromatic heterocycles. The first-order valence-electron chi connectivity index (χ1n) is 17.4. The maximum absolute atomic E-state index is 2.31. The van der Waals surface area contributed by atoms with Crippen LogP contribution in [0.2, 0.25) is 0 Å². The fourth-order valence-electron chi connectivity index (χ4n) is 5.63. The molecule has 0 fully saturated rings. The first kappa shape index (κ1) is 59.3. The minimum absolute atomic E-state index is 0. The topological polar surface area (TPSA) is 0 Å². The van der Waals surface area contributed by atoms with Crippen LogP contribution in [0.4, 0.5) is 0 Å². The standard InChI is InChI=1S/C35H72.6BrH/c1-3-5-7-9-11-13-15-17-19-21-23-25-27-29-31-33-35-34-32-30-28-26-24-22-20-18-16-14-12-10-8-6-4-2;;;;;;/h3-35H2,1-2H3;6*1H. The van der Waals surface area contributed by atoms with Gasteiger partial charge in [-0.15, -0.1) is 102 Å². The van der Waals surface area contributed by atoms with Crippen molar-refractivity contribution in [3.8, 4) is 0 Å². The largest absolute Gasteiger partial charge is 0.114 e. The molecule has 6 heteroatoms. The normalized spacial score (nSPS) is 9.80. The maximum Gasteiger partial charge on any atom is -0.0533 e. The summed E-state index contributed by atoms with van der Waals surface area (Å²) >= 11 is 0. The van der Waals surface area contributed by atoms with E-state index in [0.717, 1.165) is 0 Å². The summed E-state index contributed by atoms with van der Waals surface area (Å²) in [5, 5.41) is 0. The fraction of sp³-hybridized carbons (Fsp3) is 1.00. The second kappa shape index (κ2) is 58.4. The molecule has 0 amide bonds. The van der Waals surface area contributed by atoms with Gasteiger partial charge in [0.05, 0.1) is 0 Å². The van der Waals surface area contributed by atoms with E-state index in [1.807, 2.05) is 0 Å². The zero-order chi connectivity index (χ0) is 25.3. The van der Waals surface area contributed by atoms with E-state index in [2.05, 4.69) is 13.8 Å². The van der Waals surface area contributed by atoms with Crippen molar-refractivity contribution < 1.29 is 0 Å². The summed E-state index contributed by atoms with van der Waals surface area (Å²) in [6.45, 7) is 4.62. The van der Waals surface area contributed by atoms with Gasteiger partial charge in [0.15, 0.2) is 0 Å². The Morgan fingerprint density at radius 3 is 0.293 bits per heavy atom. The predicted octanol–water partition coefficient (Wildman–Crippen LogP) is 17.4. The van der Waals surface area contributed by atoms with Gasteiger partial charge in [-0.25, -0.2) is 0 Å². The molecule has 0 heterocycles. The molecule has 0 nitrogen and oxygen atoms in total. The molecule has 0 saturated carbocycles. The highest BCUT2D eigenvalue weighted by Gasteiger charge is 1.97. The van der Waals surface area contributed by atoms with Gasteiger partial charge in [0.25, 0.3) is 0 Å². The number of hydrogen-bond donors (Lipinski definition) is 0. The van der Waals surface area contributed by atoms with Crippen molar-refractivity contribution in [2.45, 2.75) is 226 Å². The number of hydrogen-bond acceptors (Lipinski definition) is 0. The highest BCUT2D eigenvalue weighted by molar-refractivity contribution is 8.93. The molecule has 0 aliphatic rings. The van der Waals surface area contributed by atoms with Gasteiger partial charge in [0, 0.05) is 0 Å². The van der Waals surface area contributed by atoms with E-state index in [9.17, 15) is 0 Å². The Labute approximate surface area is 324 Å². The van der Waals surface area contributed by atoms with Gasteiger partial charge in [-0.1, -0.05) is 226 Å². The minimum Gasteiger partial charge on any atom is -0.114 e. The number of unbranched alkanes of at least 4 members (excludes halogenated alkanes) is 32. The van der Waals surface area contributed by atoms with Crippen LogP contribution < -0.4 is 0 Å². The lowest BCUT2D eigenvalue weighted by Crippen LogP contribution is -1.85. The maximum atomic E-state index is 2.31. The molecule has 0 aromatic rings. The van der Waals surface area contributed by atoms with Gasteiger partial charge < -0.3 is 0 Å². The van der Waals surface area contributed by atoms with Crippen LogP contribution in [0, 0.1) is 0 Å². The van der Waals surface area contributed by atoms with E-state index in [0.29, 0.717) is 0 Å². The third-order valence-corrected chi connectivity index (χ3v) is 8.21. The van der Waals surface area contributed by atoms with Crippen molar-refractivity contribution in [1.82, 2.24) is 0 Å². The molecule has 0 saturated heterocycles. The zero-order valence-electron chi connectivity index (χ0n) is 27.8. The third kappa shape index (κ3) is 58.9. The van der Waals surface area contributed by atoms with Crippen LogP contribution >= 0.6 is 102 Å². The van der Waals surface area contributed by atoms with E-state index in [1.165, 1.54) is 212 Å². The van der Waals surface area contributed by atoms with Gasteiger partial charge in [0.2, 0.25) is 0 Å². The molecular formula is C35H78Br6. The van der Waals surface area contributed by atoms with Crippen LogP contribution in [0.1, 0.15) is 226 Å². The van der Waals surface area contributed by atoms with E-state index in [1.54, 1.807) is 0 Å². The third-order valence-electron chi connectivity index (χ3n) is 8.21. The molecule has 0 unspecified atom stereocenters. The van der Waals surface area contributed by atoms with Crippen molar-refractivity contribution in [3.05, 3.63) is 0 Å². The lowest BCUT2D eigenvalue weighted by Gasteiger charge is -2.04. The van der Waals surface area contributed by atoms with Crippen LogP contribution in [-0.4, -0.2) is 0 Å². The average Bonchev–Trinajstić information content (AvgIpc) is 2.87. The van der Waals surface area contributed by atoms with Gasteiger partial charge in [0.1, 0.15) is 0 Å². The highest BCUT2D eigenvalue weighted by atomic mass is 79.9. The summed E-state index contributed by atoms with van der Waals surface area (Å²) in [4.78, 5) is 0. The van der Waals surface area contributed by atoms with Crippen LogP contribution in [0.3, 0.4) is 0 Å². The molecule has 260 valence electrons. The molecule has 0 N–H and O–H groups in total. The Balaban J connectivity index is -0.000000385. The summed E-state index contributed by atoms with van der Waals surface area (Å²) in [5.41, 5.74) is 0. The number of rotatable bonds is 32. The lowest BCUT2D eigenvalue weighted by atomic mass is 10.0. The quantitative estimate of drug-likeness (QED) is 0.0589. The molecule has 0 atom stereocenters. The van der Waals surface area contributed by atoms with E-state index < -0.39 is 0 Å². The van der Waals surface area contributed by atoms with E-state index in [-0.39, 0.29) is 102 Å². The summed E-state index contributed by atoms with van der Waals surface area (Å²) in [6.07, 6.45) is 48.9. The molecule has 0 bridgehead atoms. The Hall–Kier alpha value is 2.88. The van der Waals surface area contributed by atoms with Crippen molar-refractivity contribution in [2.24, 2.45) is 0 Å². The first-order valence-corrected chi connectivity index (χ1v) is 17.4. The zero-order valence-corrected chi connectivity index (χ0v) is 38.1. The summed E-state index contributed by atoms with van der Waals surface area (Å²) in [6, 6.07) is 0. The molecule has 0 aliphatic heterocycles. The number of halogens is 6. The lowest BCUT2D eigenvalue weighted by molar-refractivity contribution is 0.512. The highest BCUT2D eigenvalue weighted by Crippen LogP contribution is 2.16. The van der Waals surface area contributed by atoms with Crippen molar-refractivity contribution in [3.63, 3.8) is 0 Å². The van der Waals surface area contributed by atoms with Crippen LogP contribution in [0.25, 0.3) is 0 Å². The predicted molar refractivity (Wildman–Crippen MR) is 226 cm³/mol. The minimum atomic E-state index is 0. The summed E-state index contributed by atoms with van der Waals surface area (Å²) in [5.74, 6) is 0. The first-order chi connectivity index (χ1) is 17.4. The Bertz CT molecular complexity index is 326. The van der Waals surface area contributed by atoms with Crippen LogP contribution in [-0.2, 0) is 0 Å². The summed E-state index contributed by atoms with van der Waals surface area (Å²) < 4.78 is 0. The molecule has 41 heavy (non-hydrogen) atoms. The van der Waals surface area contributed by atoms with Crippen LogP contribution in [0.15, 0.2) is 0 Å².